The molecule has 0 saturated carbocycles. The predicted molar refractivity (Wildman–Crippen MR) is 70.0 cm³/mol. The quantitative estimate of drug-likeness (QED) is 0.662. The molecule has 0 unspecified atom stereocenters. The lowest BCUT2D eigenvalue weighted by atomic mass is 10.1. The van der Waals surface area contributed by atoms with Crippen LogP contribution in [0.2, 0.25) is 0 Å². The number of allylic oxidation sites excluding steroid dienone is 1. The standard InChI is InChI=1S/C14H12O2S/c15-10-12-5-2-1-4-11(12)7-8-13(16)14-6-3-9-17-14/h1-9,15H,10H2/b8-7+. The first-order valence-corrected chi connectivity index (χ1v) is 6.14. The number of thiophene rings is 1. The third kappa shape index (κ3) is 2.90. The number of carbonyl (C=O) groups is 1. The van der Waals surface area contributed by atoms with Crippen LogP contribution in [0.25, 0.3) is 6.08 Å². The Bertz CT molecular complexity index is 527. The number of ketones is 1. The molecule has 2 aromatic rings. The largest absolute Gasteiger partial charge is 0.392 e. The zero-order chi connectivity index (χ0) is 12.1. The Labute approximate surface area is 104 Å². The van der Waals surface area contributed by atoms with E-state index in [2.05, 4.69) is 0 Å². The summed E-state index contributed by atoms with van der Waals surface area (Å²) >= 11 is 1.43. The summed E-state index contributed by atoms with van der Waals surface area (Å²) in [6.07, 6.45) is 3.29. The van der Waals surface area contributed by atoms with Gasteiger partial charge in [-0.3, -0.25) is 4.79 Å². The summed E-state index contributed by atoms with van der Waals surface area (Å²) in [4.78, 5) is 12.5. The van der Waals surface area contributed by atoms with Crippen molar-refractivity contribution in [2.75, 3.05) is 0 Å². The number of hydrogen-bond donors (Lipinski definition) is 1. The number of hydrogen-bond acceptors (Lipinski definition) is 3. The number of benzene rings is 1. The van der Waals surface area contributed by atoms with E-state index in [9.17, 15) is 4.79 Å². The molecule has 1 heterocycles. The molecule has 17 heavy (non-hydrogen) atoms. The lowest BCUT2D eigenvalue weighted by Gasteiger charge is -2.00. The van der Waals surface area contributed by atoms with Crippen LogP contribution in [0.1, 0.15) is 20.8 Å². The monoisotopic (exact) mass is 244 g/mol. The highest BCUT2D eigenvalue weighted by atomic mass is 32.1. The summed E-state index contributed by atoms with van der Waals surface area (Å²) in [6, 6.07) is 11.1. The fourth-order valence-corrected chi connectivity index (χ4v) is 2.15. The van der Waals surface area contributed by atoms with E-state index in [1.807, 2.05) is 35.7 Å². The van der Waals surface area contributed by atoms with Crippen molar-refractivity contribution < 1.29 is 9.90 Å². The first-order chi connectivity index (χ1) is 8.31. The topological polar surface area (TPSA) is 37.3 Å². The average molecular weight is 244 g/mol. The molecule has 0 atom stereocenters. The van der Waals surface area contributed by atoms with Crippen LogP contribution < -0.4 is 0 Å². The molecule has 0 radical (unpaired) electrons. The van der Waals surface area contributed by atoms with E-state index in [4.69, 9.17) is 5.11 Å². The molecule has 0 amide bonds. The molecule has 0 fully saturated rings. The Morgan fingerprint density at radius 3 is 2.76 bits per heavy atom. The zero-order valence-electron chi connectivity index (χ0n) is 9.17. The molecule has 2 nitrogen and oxygen atoms in total. The Balaban J connectivity index is 2.18. The van der Waals surface area contributed by atoms with Gasteiger partial charge in [0.05, 0.1) is 11.5 Å². The van der Waals surface area contributed by atoms with Gasteiger partial charge in [0.15, 0.2) is 5.78 Å². The highest BCUT2D eigenvalue weighted by Crippen LogP contribution is 2.13. The summed E-state index contributed by atoms with van der Waals surface area (Å²) < 4.78 is 0. The van der Waals surface area contributed by atoms with Crippen LogP contribution in [0.4, 0.5) is 0 Å². The molecule has 3 heteroatoms. The molecule has 0 aliphatic heterocycles. The van der Waals surface area contributed by atoms with Gasteiger partial charge in [0.2, 0.25) is 0 Å². The third-order valence-electron chi connectivity index (χ3n) is 2.40. The Morgan fingerprint density at radius 2 is 2.06 bits per heavy atom. The fraction of sp³-hybridized carbons (Fsp3) is 0.0714. The second-order valence-corrected chi connectivity index (χ2v) is 4.48. The van der Waals surface area contributed by atoms with E-state index in [0.717, 1.165) is 16.0 Å². The zero-order valence-corrected chi connectivity index (χ0v) is 9.98. The maximum Gasteiger partial charge on any atom is 0.195 e. The molecule has 0 saturated heterocycles. The van der Waals surface area contributed by atoms with Gasteiger partial charge >= 0.3 is 0 Å². The van der Waals surface area contributed by atoms with Gasteiger partial charge in [-0.25, -0.2) is 0 Å². The van der Waals surface area contributed by atoms with Crippen LogP contribution in [-0.2, 0) is 6.61 Å². The first-order valence-electron chi connectivity index (χ1n) is 5.26. The highest BCUT2D eigenvalue weighted by molar-refractivity contribution is 7.12. The lowest BCUT2D eigenvalue weighted by molar-refractivity contribution is 0.105. The molecule has 2 rings (SSSR count). The summed E-state index contributed by atoms with van der Waals surface area (Å²) in [5.41, 5.74) is 1.70. The number of rotatable bonds is 4. The van der Waals surface area contributed by atoms with Gasteiger partial charge in [-0.05, 0) is 28.6 Å². The smallest absolute Gasteiger partial charge is 0.195 e. The van der Waals surface area contributed by atoms with Gasteiger partial charge in [-0.15, -0.1) is 11.3 Å². The van der Waals surface area contributed by atoms with Crippen molar-refractivity contribution in [1.82, 2.24) is 0 Å². The van der Waals surface area contributed by atoms with Crippen LogP contribution in [0, 0.1) is 0 Å². The Kier molecular flexibility index (Phi) is 3.85. The second kappa shape index (κ2) is 5.57. The Morgan fingerprint density at radius 1 is 1.24 bits per heavy atom. The van der Waals surface area contributed by atoms with Crippen molar-refractivity contribution in [3.63, 3.8) is 0 Å². The van der Waals surface area contributed by atoms with Crippen LogP contribution >= 0.6 is 11.3 Å². The first kappa shape index (κ1) is 11.8. The number of aliphatic hydroxyl groups is 1. The van der Waals surface area contributed by atoms with Crippen LogP contribution in [-0.4, -0.2) is 10.9 Å². The van der Waals surface area contributed by atoms with Gasteiger partial charge < -0.3 is 5.11 Å². The van der Waals surface area contributed by atoms with E-state index in [1.54, 1.807) is 18.2 Å². The molecular formula is C14H12O2S. The lowest BCUT2D eigenvalue weighted by Crippen LogP contribution is -1.91. The number of carbonyl (C=O) groups excluding carboxylic acids is 1. The fourth-order valence-electron chi connectivity index (χ4n) is 1.51. The van der Waals surface area contributed by atoms with Crippen molar-refractivity contribution in [2.45, 2.75) is 6.61 Å². The molecule has 1 aromatic carbocycles. The van der Waals surface area contributed by atoms with Crippen molar-refractivity contribution >= 4 is 23.2 Å². The van der Waals surface area contributed by atoms with Gasteiger partial charge in [-0.2, -0.15) is 0 Å². The predicted octanol–water partition coefficient (Wildman–Crippen LogP) is 3.14. The summed E-state index contributed by atoms with van der Waals surface area (Å²) in [6.45, 7) is -0.0201. The van der Waals surface area contributed by atoms with E-state index in [1.165, 1.54) is 11.3 Å². The summed E-state index contributed by atoms with van der Waals surface area (Å²) in [7, 11) is 0. The van der Waals surface area contributed by atoms with Crippen molar-refractivity contribution in [3.8, 4) is 0 Å². The molecule has 0 aliphatic rings. The minimum atomic E-state index is -0.0201. The molecule has 0 spiro atoms. The van der Waals surface area contributed by atoms with Gasteiger partial charge in [0.25, 0.3) is 0 Å². The van der Waals surface area contributed by atoms with Crippen LogP contribution in [0.3, 0.4) is 0 Å². The van der Waals surface area contributed by atoms with E-state index >= 15 is 0 Å². The van der Waals surface area contributed by atoms with Crippen molar-refractivity contribution in [3.05, 3.63) is 63.9 Å². The highest BCUT2D eigenvalue weighted by Gasteiger charge is 2.02. The summed E-state index contributed by atoms with van der Waals surface area (Å²) in [5, 5.41) is 11.0. The third-order valence-corrected chi connectivity index (χ3v) is 3.29. The van der Waals surface area contributed by atoms with E-state index in [0.29, 0.717) is 0 Å². The molecule has 1 aromatic heterocycles. The molecule has 1 N–H and O–H groups in total. The second-order valence-electron chi connectivity index (χ2n) is 3.53. The van der Waals surface area contributed by atoms with Crippen molar-refractivity contribution in [1.29, 1.82) is 0 Å². The minimum absolute atomic E-state index is 0.00672. The van der Waals surface area contributed by atoms with Gasteiger partial charge in [-0.1, -0.05) is 36.4 Å². The summed E-state index contributed by atoms with van der Waals surface area (Å²) in [5.74, 6) is -0.00672. The molecule has 0 aliphatic carbocycles. The average Bonchev–Trinajstić information content (AvgIpc) is 2.90. The molecular weight excluding hydrogens is 232 g/mol. The van der Waals surface area contributed by atoms with Gasteiger partial charge in [0, 0.05) is 0 Å². The van der Waals surface area contributed by atoms with Gasteiger partial charge in [0.1, 0.15) is 0 Å². The maximum atomic E-state index is 11.7. The van der Waals surface area contributed by atoms with Crippen LogP contribution in [0.15, 0.2) is 47.9 Å². The van der Waals surface area contributed by atoms with E-state index < -0.39 is 0 Å². The molecule has 86 valence electrons. The minimum Gasteiger partial charge on any atom is -0.392 e. The SMILES string of the molecule is O=C(/C=C/c1ccccc1CO)c1cccs1. The normalized spacial score (nSPS) is 10.9. The van der Waals surface area contributed by atoms with Crippen LogP contribution in [0.5, 0.6) is 0 Å². The number of aliphatic hydroxyl groups excluding tert-OH is 1. The van der Waals surface area contributed by atoms with E-state index in [-0.39, 0.29) is 12.4 Å². The molecule has 0 bridgehead atoms. The van der Waals surface area contributed by atoms with Crippen molar-refractivity contribution in [2.24, 2.45) is 0 Å². The Hall–Kier alpha value is -1.71. The maximum absolute atomic E-state index is 11.7.